The summed E-state index contributed by atoms with van der Waals surface area (Å²) < 4.78 is 2.12. The number of aromatic nitrogens is 2. The van der Waals surface area contributed by atoms with Gasteiger partial charge in [-0.15, -0.1) is 0 Å². The Morgan fingerprint density at radius 1 is 1.55 bits per heavy atom. The van der Waals surface area contributed by atoms with Crippen LogP contribution in [0.25, 0.3) is 0 Å². The van der Waals surface area contributed by atoms with Crippen molar-refractivity contribution in [2.45, 2.75) is 39.4 Å². The summed E-state index contributed by atoms with van der Waals surface area (Å²) in [4.78, 5) is 20.3. The number of amides is 1. The van der Waals surface area contributed by atoms with Crippen molar-refractivity contribution in [2.24, 2.45) is 0 Å². The minimum absolute atomic E-state index is 0.0295. The molecule has 1 aromatic rings. The zero-order chi connectivity index (χ0) is 14.7. The lowest BCUT2D eigenvalue weighted by molar-refractivity contribution is -0.130. The van der Waals surface area contributed by atoms with Crippen LogP contribution in [-0.4, -0.2) is 50.9 Å². The van der Waals surface area contributed by atoms with E-state index in [1.165, 1.54) is 6.08 Å². The third kappa shape index (κ3) is 3.28. The lowest BCUT2D eigenvalue weighted by Crippen LogP contribution is -2.53. The molecular weight excluding hydrogens is 252 g/mol. The fourth-order valence-corrected chi connectivity index (χ4v) is 2.59. The Hall–Kier alpha value is -1.62. The number of hydrogen-bond donors (Lipinski definition) is 0. The number of imidazole rings is 1. The van der Waals surface area contributed by atoms with Crippen molar-refractivity contribution in [1.82, 2.24) is 19.4 Å². The molecule has 1 atom stereocenters. The summed E-state index contributed by atoms with van der Waals surface area (Å²) in [6.07, 6.45) is 5.40. The molecular formula is C15H24N4O. The molecule has 1 aromatic heterocycles. The van der Waals surface area contributed by atoms with Gasteiger partial charge in [0.25, 0.3) is 0 Å². The first-order valence-electron chi connectivity index (χ1n) is 7.18. The second-order valence-corrected chi connectivity index (χ2v) is 5.77. The molecule has 1 fully saturated rings. The Morgan fingerprint density at radius 2 is 2.30 bits per heavy atom. The van der Waals surface area contributed by atoms with Crippen LogP contribution in [0.5, 0.6) is 0 Å². The van der Waals surface area contributed by atoms with Gasteiger partial charge in [-0.3, -0.25) is 9.69 Å². The van der Waals surface area contributed by atoms with Gasteiger partial charge in [0.15, 0.2) is 0 Å². The summed E-state index contributed by atoms with van der Waals surface area (Å²) in [7, 11) is 0. The van der Waals surface area contributed by atoms with Crippen LogP contribution in [0.15, 0.2) is 25.2 Å². The monoisotopic (exact) mass is 276 g/mol. The topological polar surface area (TPSA) is 41.4 Å². The van der Waals surface area contributed by atoms with E-state index in [0.717, 1.165) is 32.0 Å². The quantitative estimate of drug-likeness (QED) is 0.786. The fraction of sp³-hybridized carbons (Fsp3) is 0.600. The predicted octanol–water partition coefficient (Wildman–Crippen LogP) is 1.68. The molecule has 0 radical (unpaired) electrons. The maximum atomic E-state index is 11.7. The Balaban J connectivity index is 1.92. The van der Waals surface area contributed by atoms with Crippen LogP contribution >= 0.6 is 0 Å². The number of nitrogens with zero attached hydrogens (tertiary/aromatic N) is 4. The van der Waals surface area contributed by atoms with Gasteiger partial charge in [-0.05, 0) is 18.9 Å². The predicted molar refractivity (Wildman–Crippen MR) is 79.3 cm³/mol. The third-order valence-electron chi connectivity index (χ3n) is 3.78. The van der Waals surface area contributed by atoms with Gasteiger partial charge in [0, 0.05) is 31.9 Å². The van der Waals surface area contributed by atoms with E-state index in [1.807, 2.05) is 11.2 Å². The maximum absolute atomic E-state index is 11.7. The average molecular weight is 276 g/mol. The molecule has 0 aliphatic carbocycles. The normalized spacial score (nSPS) is 20.4. The molecule has 110 valence electrons. The van der Waals surface area contributed by atoms with E-state index in [1.54, 1.807) is 0 Å². The number of hydrogen-bond acceptors (Lipinski definition) is 3. The SMILES string of the molecule is C=CC(=O)N1CCN(Cn2cnc(C(C)C)c2)C[C@@H]1C. The molecule has 1 aliphatic rings. The maximum Gasteiger partial charge on any atom is 0.246 e. The van der Waals surface area contributed by atoms with E-state index in [9.17, 15) is 4.79 Å². The number of piperazine rings is 1. The van der Waals surface area contributed by atoms with Crippen LogP contribution < -0.4 is 0 Å². The van der Waals surface area contributed by atoms with E-state index < -0.39 is 0 Å². The zero-order valence-corrected chi connectivity index (χ0v) is 12.6. The fourth-order valence-electron chi connectivity index (χ4n) is 2.59. The van der Waals surface area contributed by atoms with E-state index in [0.29, 0.717) is 5.92 Å². The highest BCUT2D eigenvalue weighted by molar-refractivity contribution is 5.87. The summed E-state index contributed by atoms with van der Waals surface area (Å²) in [5.74, 6) is 0.485. The first-order chi connectivity index (χ1) is 9.51. The standard InChI is InChI=1S/C15H24N4O/c1-5-15(20)19-7-6-17(8-13(19)4)11-18-9-14(12(2)3)16-10-18/h5,9-10,12-13H,1,6-8,11H2,2-4H3/t13-/m0/s1. The molecule has 0 saturated carbocycles. The Bertz CT molecular complexity index is 480. The van der Waals surface area contributed by atoms with Crippen molar-refractivity contribution in [2.75, 3.05) is 19.6 Å². The van der Waals surface area contributed by atoms with Gasteiger partial charge >= 0.3 is 0 Å². The molecule has 20 heavy (non-hydrogen) atoms. The zero-order valence-electron chi connectivity index (χ0n) is 12.6. The lowest BCUT2D eigenvalue weighted by Gasteiger charge is -2.39. The summed E-state index contributed by atoms with van der Waals surface area (Å²) in [6.45, 7) is 13.3. The molecule has 2 rings (SSSR count). The van der Waals surface area contributed by atoms with E-state index in [4.69, 9.17) is 0 Å². The molecule has 1 amide bonds. The number of rotatable bonds is 4. The van der Waals surface area contributed by atoms with Crippen LogP contribution in [0.1, 0.15) is 32.4 Å². The molecule has 1 saturated heterocycles. The van der Waals surface area contributed by atoms with E-state index in [2.05, 4.69) is 48.0 Å². The average Bonchev–Trinajstić information content (AvgIpc) is 2.87. The van der Waals surface area contributed by atoms with Gasteiger partial charge in [0.05, 0.1) is 18.7 Å². The Morgan fingerprint density at radius 3 is 2.85 bits per heavy atom. The Kier molecular flexibility index (Phi) is 4.60. The highest BCUT2D eigenvalue weighted by Gasteiger charge is 2.25. The second kappa shape index (κ2) is 6.22. The van der Waals surface area contributed by atoms with Gasteiger partial charge in [0.1, 0.15) is 0 Å². The summed E-state index contributed by atoms with van der Waals surface area (Å²) in [5.41, 5.74) is 1.12. The second-order valence-electron chi connectivity index (χ2n) is 5.77. The molecule has 1 aliphatic heterocycles. The minimum atomic E-state index is 0.0295. The van der Waals surface area contributed by atoms with Gasteiger partial charge in [0.2, 0.25) is 5.91 Å². The molecule has 2 heterocycles. The van der Waals surface area contributed by atoms with Gasteiger partial charge < -0.3 is 9.47 Å². The largest absolute Gasteiger partial charge is 0.334 e. The van der Waals surface area contributed by atoms with Crippen LogP contribution in [0.4, 0.5) is 0 Å². The molecule has 0 unspecified atom stereocenters. The number of carbonyl (C=O) groups is 1. The summed E-state index contributed by atoms with van der Waals surface area (Å²) in [5, 5.41) is 0. The van der Waals surface area contributed by atoms with Crippen LogP contribution in [0.2, 0.25) is 0 Å². The van der Waals surface area contributed by atoms with E-state index >= 15 is 0 Å². The van der Waals surface area contributed by atoms with Crippen molar-refractivity contribution < 1.29 is 4.79 Å². The van der Waals surface area contributed by atoms with Gasteiger partial charge in [-0.1, -0.05) is 20.4 Å². The molecule has 0 bridgehead atoms. The third-order valence-corrected chi connectivity index (χ3v) is 3.78. The van der Waals surface area contributed by atoms with Crippen molar-refractivity contribution in [3.05, 3.63) is 30.9 Å². The molecule has 5 heteroatoms. The van der Waals surface area contributed by atoms with Gasteiger partial charge in [-0.2, -0.15) is 0 Å². The van der Waals surface area contributed by atoms with Gasteiger partial charge in [-0.25, -0.2) is 4.98 Å². The van der Waals surface area contributed by atoms with E-state index in [-0.39, 0.29) is 11.9 Å². The Labute approximate surface area is 120 Å². The van der Waals surface area contributed by atoms with Crippen LogP contribution in [0, 0.1) is 0 Å². The first-order valence-corrected chi connectivity index (χ1v) is 7.18. The lowest BCUT2D eigenvalue weighted by atomic mass is 10.2. The molecule has 0 aromatic carbocycles. The molecule has 0 spiro atoms. The highest BCUT2D eigenvalue weighted by Crippen LogP contribution is 2.14. The highest BCUT2D eigenvalue weighted by atomic mass is 16.2. The molecule has 5 nitrogen and oxygen atoms in total. The smallest absolute Gasteiger partial charge is 0.246 e. The summed E-state index contributed by atoms with van der Waals surface area (Å²) in [6, 6.07) is 0.224. The van der Waals surface area contributed by atoms with Crippen LogP contribution in [0.3, 0.4) is 0 Å². The number of carbonyl (C=O) groups excluding carboxylic acids is 1. The molecule has 0 N–H and O–H groups in total. The van der Waals surface area contributed by atoms with Crippen molar-refractivity contribution in [1.29, 1.82) is 0 Å². The minimum Gasteiger partial charge on any atom is -0.334 e. The van der Waals surface area contributed by atoms with Crippen LogP contribution in [-0.2, 0) is 11.5 Å². The van der Waals surface area contributed by atoms with Crippen molar-refractivity contribution >= 4 is 5.91 Å². The van der Waals surface area contributed by atoms with Crippen molar-refractivity contribution in [3.63, 3.8) is 0 Å². The first kappa shape index (κ1) is 14.8. The van der Waals surface area contributed by atoms with Crippen molar-refractivity contribution in [3.8, 4) is 0 Å². The summed E-state index contributed by atoms with van der Waals surface area (Å²) >= 11 is 0.